The van der Waals surface area contributed by atoms with E-state index in [-0.39, 0.29) is 0 Å². The van der Waals surface area contributed by atoms with Crippen LogP contribution in [0.4, 0.5) is 0 Å². The quantitative estimate of drug-likeness (QED) is 0.884. The van der Waals surface area contributed by atoms with Crippen LogP contribution in [0.15, 0.2) is 5.38 Å². The highest BCUT2D eigenvalue weighted by Gasteiger charge is 2.11. The lowest BCUT2D eigenvalue weighted by Gasteiger charge is -1.98. The van der Waals surface area contributed by atoms with E-state index < -0.39 is 0 Å². The van der Waals surface area contributed by atoms with Crippen LogP contribution in [0.2, 0.25) is 0 Å². The number of aryl methyl sites for hydroxylation is 2. The summed E-state index contributed by atoms with van der Waals surface area (Å²) in [6, 6.07) is 0. The summed E-state index contributed by atoms with van der Waals surface area (Å²) < 4.78 is 0. The van der Waals surface area contributed by atoms with Gasteiger partial charge in [0.1, 0.15) is 0 Å². The summed E-state index contributed by atoms with van der Waals surface area (Å²) in [5.41, 5.74) is 2.37. The van der Waals surface area contributed by atoms with Gasteiger partial charge in [-0.25, -0.2) is 9.97 Å². The lowest BCUT2D eigenvalue weighted by Crippen LogP contribution is -2.05. The van der Waals surface area contributed by atoms with Gasteiger partial charge in [0.15, 0.2) is 0 Å². The standard InChI is InChI=1S/C13H19N3S2/c1-4-5-10-11(7-14-3)18-13(16-10)6-12-15-9(2)8-17-12/h8,14H,4-7H2,1-3H3. The molecule has 2 aromatic rings. The van der Waals surface area contributed by atoms with Crippen molar-refractivity contribution in [1.82, 2.24) is 15.3 Å². The summed E-state index contributed by atoms with van der Waals surface area (Å²) in [5.74, 6) is 0. The molecule has 0 aromatic carbocycles. The lowest BCUT2D eigenvalue weighted by atomic mass is 10.2. The molecule has 0 fully saturated rings. The number of nitrogens with zero attached hydrogens (tertiary/aromatic N) is 2. The van der Waals surface area contributed by atoms with E-state index in [2.05, 4.69) is 22.6 Å². The van der Waals surface area contributed by atoms with Gasteiger partial charge in [-0.05, 0) is 20.4 Å². The maximum atomic E-state index is 4.77. The van der Waals surface area contributed by atoms with Gasteiger partial charge in [0.2, 0.25) is 0 Å². The molecule has 3 nitrogen and oxygen atoms in total. The zero-order valence-electron chi connectivity index (χ0n) is 11.1. The Kier molecular flexibility index (Phi) is 4.86. The van der Waals surface area contributed by atoms with Crippen molar-refractivity contribution in [2.75, 3.05) is 7.05 Å². The molecule has 0 aliphatic carbocycles. The third kappa shape index (κ3) is 3.37. The maximum absolute atomic E-state index is 4.77. The van der Waals surface area contributed by atoms with Crippen molar-refractivity contribution < 1.29 is 0 Å². The molecule has 0 aliphatic heterocycles. The monoisotopic (exact) mass is 281 g/mol. The fourth-order valence-electron chi connectivity index (χ4n) is 1.86. The van der Waals surface area contributed by atoms with Crippen molar-refractivity contribution in [2.45, 2.75) is 39.7 Å². The average molecular weight is 281 g/mol. The van der Waals surface area contributed by atoms with Crippen molar-refractivity contribution in [1.29, 1.82) is 0 Å². The summed E-state index contributed by atoms with van der Waals surface area (Å²) >= 11 is 3.55. The molecule has 98 valence electrons. The van der Waals surface area contributed by atoms with Gasteiger partial charge in [-0.15, -0.1) is 22.7 Å². The molecule has 0 radical (unpaired) electrons. The van der Waals surface area contributed by atoms with Crippen LogP contribution in [-0.2, 0) is 19.4 Å². The third-order valence-corrected chi connectivity index (χ3v) is 4.68. The normalized spacial score (nSPS) is 11.1. The van der Waals surface area contributed by atoms with Crippen molar-refractivity contribution >= 4 is 22.7 Å². The number of hydrogen-bond donors (Lipinski definition) is 1. The van der Waals surface area contributed by atoms with Crippen molar-refractivity contribution in [3.63, 3.8) is 0 Å². The molecular formula is C13H19N3S2. The molecule has 0 spiro atoms. The Balaban J connectivity index is 2.15. The van der Waals surface area contributed by atoms with Crippen molar-refractivity contribution in [3.8, 4) is 0 Å². The first-order chi connectivity index (χ1) is 8.72. The molecule has 2 aromatic heterocycles. The minimum absolute atomic E-state index is 0.879. The lowest BCUT2D eigenvalue weighted by molar-refractivity contribution is 0.796. The van der Waals surface area contributed by atoms with Gasteiger partial charge in [-0.3, -0.25) is 0 Å². The van der Waals surface area contributed by atoms with E-state index in [0.717, 1.165) is 31.5 Å². The second-order valence-electron chi connectivity index (χ2n) is 4.32. The summed E-state index contributed by atoms with van der Waals surface area (Å²) in [6.07, 6.45) is 3.10. The Morgan fingerprint density at radius 2 is 2.11 bits per heavy atom. The summed E-state index contributed by atoms with van der Waals surface area (Å²) in [6.45, 7) is 5.16. The van der Waals surface area contributed by atoms with Crippen molar-refractivity contribution in [2.24, 2.45) is 0 Å². The third-order valence-electron chi connectivity index (χ3n) is 2.62. The van der Waals surface area contributed by atoms with Gasteiger partial charge in [-0.1, -0.05) is 13.3 Å². The van der Waals surface area contributed by atoms with Crippen LogP contribution >= 0.6 is 22.7 Å². The zero-order chi connectivity index (χ0) is 13.0. The molecule has 0 saturated carbocycles. The molecule has 2 rings (SSSR count). The molecule has 0 atom stereocenters. The molecule has 2 heterocycles. The molecule has 18 heavy (non-hydrogen) atoms. The maximum Gasteiger partial charge on any atom is 0.0999 e. The Morgan fingerprint density at radius 1 is 1.28 bits per heavy atom. The minimum atomic E-state index is 0.879. The summed E-state index contributed by atoms with van der Waals surface area (Å²) in [4.78, 5) is 10.7. The number of aromatic nitrogens is 2. The van der Waals surface area contributed by atoms with Crippen LogP contribution in [0.5, 0.6) is 0 Å². The van der Waals surface area contributed by atoms with E-state index >= 15 is 0 Å². The van der Waals surface area contributed by atoms with E-state index in [0.29, 0.717) is 0 Å². The molecule has 0 aliphatic rings. The second-order valence-corrected chi connectivity index (χ2v) is 6.43. The highest BCUT2D eigenvalue weighted by Crippen LogP contribution is 2.23. The first kappa shape index (κ1) is 13.6. The first-order valence-electron chi connectivity index (χ1n) is 6.26. The largest absolute Gasteiger partial charge is 0.315 e. The molecule has 5 heteroatoms. The van der Waals surface area contributed by atoms with E-state index in [1.54, 1.807) is 11.3 Å². The molecule has 0 amide bonds. The minimum Gasteiger partial charge on any atom is -0.315 e. The van der Waals surface area contributed by atoms with Gasteiger partial charge in [0.25, 0.3) is 0 Å². The Bertz CT molecular complexity index is 479. The Labute approximate surface area is 116 Å². The predicted molar refractivity (Wildman–Crippen MR) is 78.5 cm³/mol. The SMILES string of the molecule is CCCc1nc(Cc2nc(C)cs2)sc1CNC. The number of hydrogen-bond acceptors (Lipinski definition) is 5. The molecule has 0 unspecified atom stereocenters. The molecule has 0 bridgehead atoms. The smallest absolute Gasteiger partial charge is 0.0999 e. The van der Waals surface area contributed by atoms with Gasteiger partial charge in [0, 0.05) is 22.5 Å². The van der Waals surface area contributed by atoms with Gasteiger partial charge < -0.3 is 5.32 Å². The molecule has 0 saturated heterocycles. The van der Waals surface area contributed by atoms with E-state index in [1.165, 1.54) is 20.6 Å². The van der Waals surface area contributed by atoms with Crippen LogP contribution in [0.1, 0.15) is 39.6 Å². The van der Waals surface area contributed by atoms with Crippen LogP contribution in [0.3, 0.4) is 0 Å². The fourth-order valence-corrected chi connectivity index (χ4v) is 3.86. The van der Waals surface area contributed by atoms with Crippen LogP contribution < -0.4 is 5.32 Å². The highest BCUT2D eigenvalue weighted by molar-refractivity contribution is 7.12. The topological polar surface area (TPSA) is 37.8 Å². The number of nitrogens with one attached hydrogen (secondary N) is 1. The summed E-state index contributed by atoms with van der Waals surface area (Å²) in [5, 5.41) is 7.68. The van der Waals surface area contributed by atoms with Gasteiger partial charge in [-0.2, -0.15) is 0 Å². The Morgan fingerprint density at radius 3 is 2.72 bits per heavy atom. The second kappa shape index (κ2) is 6.41. The fraction of sp³-hybridized carbons (Fsp3) is 0.538. The highest BCUT2D eigenvalue weighted by atomic mass is 32.1. The zero-order valence-corrected chi connectivity index (χ0v) is 12.7. The van der Waals surface area contributed by atoms with E-state index in [9.17, 15) is 0 Å². The van der Waals surface area contributed by atoms with Crippen LogP contribution in [-0.4, -0.2) is 17.0 Å². The Hall–Kier alpha value is -0.780. The number of thiazole rings is 2. The van der Waals surface area contributed by atoms with Gasteiger partial charge >= 0.3 is 0 Å². The van der Waals surface area contributed by atoms with E-state index in [1.807, 2.05) is 25.3 Å². The van der Waals surface area contributed by atoms with Crippen LogP contribution in [0.25, 0.3) is 0 Å². The van der Waals surface area contributed by atoms with Crippen molar-refractivity contribution in [3.05, 3.63) is 31.7 Å². The first-order valence-corrected chi connectivity index (χ1v) is 7.95. The van der Waals surface area contributed by atoms with Gasteiger partial charge in [0.05, 0.1) is 22.1 Å². The molecule has 1 N–H and O–H groups in total. The summed E-state index contributed by atoms with van der Waals surface area (Å²) in [7, 11) is 1.99. The number of rotatable bonds is 6. The average Bonchev–Trinajstić information content (AvgIpc) is 2.88. The predicted octanol–water partition coefficient (Wildman–Crippen LogP) is 3.17. The van der Waals surface area contributed by atoms with E-state index in [4.69, 9.17) is 4.98 Å². The van der Waals surface area contributed by atoms with Crippen LogP contribution in [0, 0.1) is 6.92 Å². The molecular weight excluding hydrogens is 262 g/mol.